The van der Waals surface area contributed by atoms with Gasteiger partial charge >= 0.3 is 0 Å². The average molecular weight is 292 g/mol. The van der Waals surface area contributed by atoms with E-state index >= 15 is 0 Å². The van der Waals surface area contributed by atoms with E-state index in [2.05, 4.69) is 9.97 Å². The summed E-state index contributed by atoms with van der Waals surface area (Å²) in [6.45, 7) is 0. The molecule has 0 atom stereocenters. The molecule has 0 aliphatic rings. The van der Waals surface area contributed by atoms with Gasteiger partial charge < -0.3 is 4.98 Å². The first kappa shape index (κ1) is 12.2. The van der Waals surface area contributed by atoms with Crippen molar-refractivity contribution in [1.29, 1.82) is 0 Å². The van der Waals surface area contributed by atoms with E-state index in [0.29, 0.717) is 32.3 Å². The summed E-state index contributed by atoms with van der Waals surface area (Å²) < 4.78 is 0. The molecule has 94 valence electrons. The van der Waals surface area contributed by atoms with Crippen molar-refractivity contribution in [2.24, 2.45) is 0 Å². The van der Waals surface area contributed by atoms with Crippen molar-refractivity contribution in [2.45, 2.75) is 0 Å². The lowest BCUT2D eigenvalue weighted by Gasteiger charge is -2.04. The molecule has 3 nitrogen and oxygen atoms in total. The smallest absolute Gasteiger partial charge is 0.259 e. The molecule has 1 N–H and O–H groups in total. The summed E-state index contributed by atoms with van der Waals surface area (Å²) in [5.41, 5.74) is 1.12. The molecule has 19 heavy (non-hydrogen) atoms. The van der Waals surface area contributed by atoms with Crippen LogP contribution in [0.4, 0.5) is 0 Å². The van der Waals surface area contributed by atoms with Crippen LogP contribution in [0, 0.1) is 11.6 Å². The lowest BCUT2D eigenvalue weighted by molar-refractivity contribution is -0.288. The van der Waals surface area contributed by atoms with Crippen molar-refractivity contribution in [3.8, 4) is 11.4 Å². The molecule has 0 aliphatic heterocycles. The lowest BCUT2D eigenvalue weighted by atomic mass is 10.2. The predicted octanol–water partition coefficient (Wildman–Crippen LogP) is 2.94. The zero-order valence-corrected chi connectivity index (χ0v) is 11.3. The second-order valence-corrected chi connectivity index (χ2v) is 4.95. The Balaban J connectivity index is 2.28. The van der Waals surface area contributed by atoms with Crippen LogP contribution in [0.3, 0.4) is 0 Å². The highest BCUT2D eigenvalue weighted by atomic mass is 35.5. The van der Waals surface area contributed by atoms with E-state index in [1.54, 1.807) is 36.4 Å². The Kier molecular flexibility index (Phi) is 3.01. The highest BCUT2D eigenvalue weighted by molar-refractivity contribution is 6.33. The van der Waals surface area contributed by atoms with Gasteiger partial charge in [0.25, 0.3) is 5.56 Å². The van der Waals surface area contributed by atoms with Gasteiger partial charge in [0, 0.05) is 17.7 Å². The van der Waals surface area contributed by atoms with E-state index < -0.39 is 0 Å². The first-order valence-electron chi connectivity index (χ1n) is 5.61. The molecule has 0 spiro atoms. The predicted molar refractivity (Wildman–Crippen MR) is 73.4 cm³/mol. The van der Waals surface area contributed by atoms with E-state index in [4.69, 9.17) is 23.2 Å². The topological polar surface area (TPSA) is 45.8 Å². The van der Waals surface area contributed by atoms with E-state index in [1.165, 1.54) is 0 Å². The Bertz CT molecular complexity index is 827. The Morgan fingerprint density at radius 1 is 1.16 bits per heavy atom. The molecule has 0 amide bonds. The van der Waals surface area contributed by atoms with Gasteiger partial charge in [-0.25, -0.2) is 4.98 Å². The Hall–Kier alpha value is -1.84. The summed E-state index contributed by atoms with van der Waals surface area (Å²) in [6.07, 6.45) is 0. The summed E-state index contributed by atoms with van der Waals surface area (Å²) in [6, 6.07) is 12.4. The fourth-order valence-corrected chi connectivity index (χ4v) is 2.42. The monoisotopic (exact) mass is 291 g/mol. The number of aromatic nitrogens is 2. The SMILES string of the molecule is O=c1[nH]c(-c2ccc([ClH+])cc2Cl)nc2ccccc12. The fourth-order valence-electron chi connectivity index (χ4n) is 1.90. The van der Waals surface area contributed by atoms with Crippen molar-refractivity contribution in [3.05, 3.63) is 62.9 Å². The summed E-state index contributed by atoms with van der Waals surface area (Å²) in [7, 11) is 0. The number of nitrogens with one attached hydrogen (secondary N) is 1. The number of rotatable bonds is 1. The summed E-state index contributed by atoms with van der Waals surface area (Å²) in [4.78, 5) is 19.2. The number of hydrogen-bond acceptors (Lipinski definition) is 2. The van der Waals surface area contributed by atoms with Crippen LogP contribution in [0.15, 0.2) is 47.3 Å². The van der Waals surface area contributed by atoms with Gasteiger partial charge in [0.2, 0.25) is 5.02 Å². The molecule has 0 radical (unpaired) electrons. The standard InChI is InChI=1S/C14H8Cl2N2O/c15-8-5-6-9(11(16)7-8)13-17-12-4-2-1-3-10(12)14(19)18-13/h1-7,15H/p+1. The van der Waals surface area contributed by atoms with Crippen LogP contribution in [0.1, 0.15) is 0 Å². The third-order valence-electron chi connectivity index (χ3n) is 2.81. The highest BCUT2D eigenvalue weighted by Crippen LogP contribution is 2.26. The lowest BCUT2D eigenvalue weighted by Crippen LogP contribution is -2.09. The maximum Gasteiger partial charge on any atom is 0.259 e. The largest absolute Gasteiger partial charge is 0.306 e. The normalized spacial score (nSPS) is 10.8. The van der Waals surface area contributed by atoms with Gasteiger partial charge in [0.1, 0.15) is 5.82 Å². The molecule has 2 aromatic carbocycles. The summed E-state index contributed by atoms with van der Waals surface area (Å²) in [5, 5.41) is 1.69. The second kappa shape index (κ2) is 4.68. The Morgan fingerprint density at radius 2 is 1.95 bits per heavy atom. The van der Waals surface area contributed by atoms with Crippen molar-refractivity contribution in [2.75, 3.05) is 0 Å². The van der Waals surface area contributed by atoms with Crippen LogP contribution >= 0.6 is 11.6 Å². The molecule has 5 heteroatoms. The van der Waals surface area contributed by atoms with Gasteiger partial charge in [0.05, 0.1) is 15.9 Å². The van der Waals surface area contributed by atoms with Gasteiger partial charge in [0.15, 0.2) is 11.6 Å². The van der Waals surface area contributed by atoms with Crippen molar-refractivity contribution >= 4 is 22.5 Å². The minimum atomic E-state index is -0.181. The fraction of sp³-hybridized carbons (Fsp3) is 0. The van der Waals surface area contributed by atoms with Gasteiger partial charge in [-0.2, -0.15) is 0 Å². The number of aromatic amines is 1. The molecular formula is C14H9Cl2N2O+. The summed E-state index contributed by atoms with van der Waals surface area (Å²) >= 11 is 11.2. The van der Waals surface area contributed by atoms with Crippen molar-refractivity contribution in [3.63, 3.8) is 0 Å². The molecule has 0 unspecified atom stereocenters. The number of fused-ring (bicyclic) bond motifs is 1. The van der Waals surface area contributed by atoms with Crippen molar-refractivity contribution < 1.29 is 11.6 Å². The van der Waals surface area contributed by atoms with E-state index in [9.17, 15) is 4.79 Å². The second-order valence-electron chi connectivity index (χ2n) is 4.07. The molecular weight excluding hydrogens is 283 g/mol. The van der Waals surface area contributed by atoms with Crippen LogP contribution in [0.25, 0.3) is 22.3 Å². The molecule has 3 rings (SSSR count). The quantitative estimate of drug-likeness (QED) is 0.749. The molecule has 0 fully saturated rings. The first-order valence-corrected chi connectivity index (χ1v) is 6.40. The molecule has 0 saturated carbocycles. The number of para-hydroxylation sites is 1. The maximum atomic E-state index is 12.0. The Morgan fingerprint density at radius 3 is 2.74 bits per heavy atom. The van der Waals surface area contributed by atoms with E-state index in [1.807, 2.05) is 6.07 Å². The Labute approximate surface area is 118 Å². The van der Waals surface area contributed by atoms with E-state index in [-0.39, 0.29) is 5.56 Å². The third-order valence-corrected chi connectivity index (χ3v) is 3.38. The number of benzene rings is 2. The third kappa shape index (κ3) is 2.23. The van der Waals surface area contributed by atoms with Gasteiger partial charge in [-0.1, -0.05) is 23.7 Å². The van der Waals surface area contributed by atoms with E-state index in [0.717, 1.165) is 0 Å². The molecule has 1 aromatic heterocycles. The van der Waals surface area contributed by atoms with Crippen LogP contribution in [0.2, 0.25) is 10.0 Å². The van der Waals surface area contributed by atoms with Gasteiger partial charge in [-0.05, 0) is 18.2 Å². The molecule has 1 heterocycles. The minimum Gasteiger partial charge on any atom is -0.306 e. The zero-order valence-electron chi connectivity index (χ0n) is 9.68. The molecule has 0 bridgehead atoms. The molecule has 0 saturated heterocycles. The zero-order chi connectivity index (χ0) is 13.4. The number of nitrogens with zero attached hydrogens (tertiary/aromatic N) is 1. The maximum absolute atomic E-state index is 12.0. The molecule has 0 aliphatic carbocycles. The number of halogens is 2. The van der Waals surface area contributed by atoms with Crippen LogP contribution in [0.5, 0.6) is 0 Å². The number of H-pyrrole nitrogens is 1. The van der Waals surface area contributed by atoms with Crippen LogP contribution < -0.4 is 5.56 Å². The van der Waals surface area contributed by atoms with Gasteiger partial charge in [-0.15, -0.1) is 0 Å². The van der Waals surface area contributed by atoms with Gasteiger partial charge in [-0.3, -0.25) is 4.79 Å². The molecule has 3 aromatic rings. The highest BCUT2D eigenvalue weighted by Gasteiger charge is 2.10. The minimum absolute atomic E-state index is 0.181. The number of hydrogen-bond donors (Lipinski definition) is 1. The average Bonchev–Trinajstić information content (AvgIpc) is 2.38. The van der Waals surface area contributed by atoms with Crippen molar-refractivity contribution in [1.82, 2.24) is 9.97 Å². The first-order chi connectivity index (χ1) is 9.15. The van der Waals surface area contributed by atoms with Crippen LogP contribution in [-0.4, -0.2) is 9.97 Å². The van der Waals surface area contributed by atoms with Crippen LogP contribution in [-0.2, 0) is 0 Å². The summed E-state index contributed by atoms with van der Waals surface area (Å²) in [5.74, 6) is 0.448.